The summed E-state index contributed by atoms with van der Waals surface area (Å²) in [5, 5.41) is 0. The van der Waals surface area contributed by atoms with Crippen LogP contribution >= 0.6 is 0 Å². The van der Waals surface area contributed by atoms with Crippen LogP contribution in [0, 0.1) is 27.7 Å². The monoisotopic (exact) mass is 375 g/mol. The molecule has 0 amide bonds. The lowest BCUT2D eigenvalue weighted by Gasteiger charge is -2.32. The molecule has 1 aromatic heterocycles. The summed E-state index contributed by atoms with van der Waals surface area (Å²) in [4.78, 5) is 8.74. The van der Waals surface area contributed by atoms with Crippen molar-refractivity contribution in [3.8, 4) is 5.88 Å². The molecule has 3 rings (SSSR count). The molecular weight excluding hydrogens is 350 g/mol. The molecule has 0 aliphatic carbocycles. The zero-order valence-electron chi connectivity index (χ0n) is 15.7. The number of hydrogen-bond donors (Lipinski definition) is 0. The molecule has 0 radical (unpaired) electrons. The minimum atomic E-state index is -3.49. The maximum absolute atomic E-state index is 13.1. The average Bonchev–Trinajstić information content (AvgIpc) is 2.54. The van der Waals surface area contributed by atoms with E-state index in [0.29, 0.717) is 42.5 Å². The van der Waals surface area contributed by atoms with Crippen LogP contribution in [0.3, 0.4) is 0 Å². The first kappa shape index (κ1) is 18.8. The highest BCUT2D eigenvalue weighted by atomic mass is 32.2. The first-order chi connectivity index (χ1) is 12.3. The van der Waals surface area contributed by atoms with Crippen molar-refractivity contribution in [1.29, 1.82) is 0 Å². The maximum atomic E-state index is 13.1. The maximum Gasteiger partial charge on any atom is 0.243 e. The SMILES string of the molecule is Cc1cc(C)c(S(=O)(=O)N2CCC(Oc3ccnc(C)n3)CC2)c(C)c1. The van der Waals surface area contributed by atoms with Gasteiger partial charge in [-0.2, -0.15) is 9.29 Å². The molecule has 1 saturated heterocycles. The van der Waals surface area contributed by atoms with E-state index in [1.807, 2.05) is 39.8 Å². The lowest BCUT2D eigenvalue weighted by molar-refractivity contribution is 0.129. The van der Waals surface area contributed by atoms with Crippen LogP contribution in [0.2, 0.25) is 0 Å². The molecule has 6 nitrogen and oxygen atoms in total. The number of ether oxygens (including phenoxy) is 1. The van der Waals surface area contributed by atoms with Gasteiger partial charge in [-0.25, -0.2) is 13.4 Å². The standard InChI is InChI=1S/C19H25N3O3S/c1-13-11-14(2)19(15(3)12-13)26(23,24)22-9-6-17(7-10-22)25-18-5-8-20-16(4)21-18/h5,8,11-12,17H,6-7,9-10H2,1-4H3. The van der Waals surface area contributed by atoms with Gasteiger partial charge >= 0.3 is 0 Å². The summed E-state index contributed by atoms with van der Waals surface area (Å²) in [6.45, 7) is 8.41. The Bertz CT molecular complexity index is 881. The van der Waals surface area contributed by atoms with Crippen LogP contribution in [0.4, 0.5) is 0 Å². The second kappa shape index (κ2) is 7.32. The molecule has 1 aliphatic rings. The number of aromatic nitrogens is 2. The number of sulfonamides is 1. The van der Waals surface area contributed by atoms with Gasteiger partial charge in [0.25, 0.3) is 0 Å². The predicted molar refractivity (Wildman–Crippen MR) is 99.8 cm³/mol. The molecular formula is C19H25N3O3S. The zero-order chi connectivity index (χ0) is 18.9. The van der Waals surface area contributed by atoms with Crippen LogP contribution in [0.15, 0.2) is 29.3 Å². The fourth-order valence-corrected chi connectivity index (χ4v) is 5.45. The molecule has 0 spiro atoms. The van der Waals surface area contributed by atoms with Crippen LogP contribution in [0.25, 0.3) is 0 Å². The van der Waals surface area contributed by atoms with Crippen molar-refractivity contribution in [3.63, 3.8) is 0 Å². The Hall–Kier alpha value is -1.99. The zero-order valence-corrected chi connectivity index (χ0v) is 16.5. The van der Waals surface area contributed by atoms with E-state index in [2.05, 4.69) is 9.97 Å². The highest BCUT2D eigenvalue weighted by Crippen LogP contribution is 2.28. The Morgan fingerprint density at radius 3 is 2.27 bits per heavy atom. The van der Waals surface area contributed by atoms with Crippen molar-refractivity contribution in [2.24, 2.45) is 0 Å². The number of benzene rings is 1. The van der Waals surface area contributed by atoms with E-state index in [0.717, 1.165) is 16.7 Å². The molecule has 7 heteroatoms. The van der Waals surface area contributed by atoms with E-state index in [-0.39, 0.29) is 6.10 Å². The van der Waals surface area contributed by atoms with Gasteiger partial charge in [0.15, 0.2) is 0 Å². The van der Waals surface area contributed by atoms with Gasteiger partial charge in [0.1, 0.15) is 11.9 Å². The van der Waals surface area contributed by atoms with E-state index in [4.69, 9.17) is 4.74 Å². The fourth-order valence-electron chi connectivity index (χ4n) is 3.56. The van der Waals surface area contributed by atoms with E-state index < -0.39 is 10.0 Å². The lowest BCUT2D eigenvalue weighted by Crippen LogP contribution is -2.42. The molecule has 0 saturated carbocycles. The summed E-state index contributed by atoms with van der Waals surface area (Å²) in [7, 11) is -3.49. The van der Waals surface area contributed by atoms with Gasteiger partial charge in [0.2, 0.25) is 15.9 Å². The topological polar surface area (TPSA) is 72.4 Å². The molecule has 2 heterocycles. The van der Waals surface area contributed by atoms with Crippen LogP contribution < -0.4 is 4.74 Å². The van der Waals surface area contributed by atoms with Gasteiger partial charge < -0.3 is 4.74 Å². The third-order valence-corrected chi connectivity index (χ3v) is 6.85. The molecule has 1 fully saturated rings. The quantitative estimate of drug-likeness (QED) is 0.821. The number of piperidine rings is 1. The summed E-state index contributed by atoms with van der Waals surface area (Å²) in [5.41, 5.74) is 2.68. The van der Waals surface area contributed by atoms with Crippen LogP contribution in [0.5, 0.6) is 5.88 Å². The number of rotatable bonds is 4. The van der Waals surface area contributed by atoms with Gasteiger partial charge in [-0.15, -0.1) is 0 Å². The predicted octanol–water partition coefficient (Wildman–Crippen LogP) is 2.94. The van der Waals surface area contributed by atoms with E-state index in [1.54, 1.807) is 16.6 Å². The van der Waals surface area contributed by atoms with Crippen LogP contribution in [-0.2, 0) is 10.0 Å². The van der Waals surface area contributed by atoms with Crippen molar-refractivity contribution in [2.45, 2.75) is 51.5 Å². The van der Waals surface area contributed by atoms with E-state index >= 15 is 0 Å². The smallest absolute Gasteiger partial charge is 0.243 e. The molecule has 0 bridgehead atoms. The van der Waals surface area contributed by atoms with Crippen molar-refractivity contribution in [3.05, 3.63) is 46.9 Å². The molecule has 1 aliphatic heterocycles. The summed E-state index contributed by atoms with van der Waals surface area (Å²) in [6, 6.07) is 5.58. The van der Waals surface area contributed by atoms with Gasteiger partial charge in [-0.3, -0.25) is 0 Å². The van der Waals surface area contributed by atoms with Crippen molar-refractivity contribution in [1.82, 2.24) is 14.3 Å². The molecule has 0 N–H and O–H groups in total. The van der Waals surface area contributed by atoms with Gasteiger partial charge in [0, 0.05) is 25.4 Å². The normalized spacial score (nSPS) is 16.6. The second-order valence-electron chi connectivity index (χ2n) is 6.89. The summed E-state index contributed by atoms with van der Waals surface area (Å²) >= 11 is 0. The first-order valence-electron chi connectivity index (χ1n) is 8.81. The third kappa shape index (κ3) is 3.88. The third-order valence-electron chi connectivity index (χ3n) is 4.64. The summed E-state index contributed by atoms with van der Waals surface area (Å²) in [5.74, 6) is 1.21. The minimum Gasteiger partial charge on any atom is -0.474 e. The number of nitrogens with zero attached hydrogens (tertiary/aromatic N) is 3. The summed E-state index contributed by atoms with van der Waals surface area (Å²) < 4.78 is 33.7. The van der Waals surface area contributed by atoms with Gasteiger partial charge in [-0.05, 0) is 51.7 Å². The van der Waals surface area contributed by atoms with E-state index in [1.165, 1.54) is 0 Å². The summed E-state index contributed by atoms with van der Waals surface area (Å²) in [6.07, 6.45) is 2.93. The highest BCUT2D eigenvalue weighted by Gasteiger charge is 2.32. The molecule has 1 aromatic carbocycles. The minimum absolute atomic E-state index is 0.0315. The van der Waals surface area contributed by atoms with Gasteiger partial charge in [0.05, 0.1) is 4.90 Å². The van der Waals surface area contributed by atoms with Crippen molar-refractivity contribution >= 4 is 10.0 Å². The largest absolute Gasteiger partial charge is 0.474 e. The molecule has 26 heavy (non-hydrogen) atoms. The van der Waals surface area contributed by atoms with Crippen molar-refractivity contribution < 1.29 is 13.2 Å². The molecule has 0 unspecified atom stereocenters. The Kier molecular flexibility index (Phi) is 5.29. The van der Waals surface area contributed by atoms with E-state index in [9.17, 15) is 8.42 Å². The van der Waals surface area contributed by atoms with Crippen molar-refractivity contribution in [2.75, 3.05) is 13.1 Å². The highest BCUT2D eigenvalue weighted by molar-refractivity contribution is 7.89. The molecule has 0 atom stereocenters. The van der Waals surface area contributed by atoms with Crippen LogP contribution in [-0.4, -0.2) is 41.9 Å². The number of aryl methyl sites for hydroxylation is 4. The Morgan fingerprint density at radius 2 is 1.69 bits per heavy atom. The lowest BCUT2D eigenvalue weighted by atomic mass is 10.1. The molecule has 2 aromatic rings. The van der Waals surface area contributed by atoms with Gasteiger partial charge in [-0.1, -0.05) is 17.7 Å². The second-order valence-corrected chi connectivity index (χ2v) is 8.77. The first-order valence-corrected chi connectivity index (χ1v) is 10.3. The molecule has 140 valence electrons. The Balaban J connectivity index is 1.71. The Morgan fingerprint density at radius 1 is 1.08 bits per heavy atom. The average molecular weight is 375 g/mol. The number of hydrogen-bond acceptors (Lipinski definition) is 5. The Labute approximate surface area is 155 Å². The fraction of sp³-hybridized carbons (Fsp3) is 0.474. The van der Waals surface area contributed by atoms with Crippen LogP contribution in [0.1, 0.15) is 35.4 Å².